The Morgan fingerprint density at radius 3 is 2.67 bits per heavy atom. The van der Waals surface area contributed by atoms with Gasteiger partial charge in [0.1, 0.15) is 0 Å². The summed E-state index contributed by atoms with van der Waals surface area (Å²) in [6, 6.07) is 0. The average molecular weight is 85.1 g/mol. The third kappa shape index (κ3) is 3.54. The second kappa shape index (κ2) is 4.54. The maximum absolute atomic E-state index is 4.55. The highest BCUT2D eigenvalue weighted by Crippen LogP contribution is 1.74. The van der Waals surface area contributed by atoms with Crippen molar-refractivity contribution in [2.75, 3.05) is 7.11 Å². The molecule has 0 saturated heterocycles. The maximum atomic E-state index is 4.55. The zero-order valence-corrected chi connectivity index (χ0v) is 4.19. The molecular weight excluding hydrogens is 76.1 g/mol. The van der Waals surface area contributed by atoms with Crippen molar-refractivity contribution in [3.8, 4) is 0 Å². The van der Waals surface area contributed by atoms with E-state index < -0.39 is 0 Å². The minimum absolute atomic E-state index is 0.924. The van der Waals surface area contributed by atoms with Crippen LogP contribution in [0.4, 0.5) is 0 Å². The zero-order chi connectivity index (χ0) is 4.83. The lowest BCUT2D eigenvalue weighted by Gasteiger charge is -1.79. The molecule has 35 valence electrons. The van der Waals surface area contributed by atoms with Gasteiger partial charge in [-0.1, -0.05) is 6.92 Å². The molecule has 0 aliphatic rings. The molecule has 6 heavy (non-hydrogen) atoms. The molecule has 0 spiro atoms. The van der Waals surface area contributed by atoms with E-state index in [2.05, 4.69) is 10.8 Å². The summed E-state index contributed by atoms with van der Waals surface area (Å²) in [5.41, 5.74) is 0. The van der Waals surface area contributed by atoms with Crippen molar-refractivity contribution in [2.45, 2.75) is 13.3 Å². The van der Waals surface area contributed by atoms with E-state index in [1.165, 1.54) is 0 Å². The van der Waals surface area contributed by atoms with Crippen molar-refractivity contribution in [3.63, 3.8) is 0 Å². The number of rotatable bonds is 2. The first-order chi connectivity index (χ1) is 2.91. The van der Waals surface area contributed by atoms with Gasteiger partial charge >= 0.3 is 0 Å². The van der Waals surface area contributed by atoms with E-state index in [4.69, 9.17) is 0 Å². The molecule has 1 heteroatoms. The molecule has 0 atom stereocenters. The summed E-state index contributed by atoms with van der Waals surface area (Å²) >= 11 is 0. The van der Waals surface area contributed by atoms with E-state index in [1.54, 1.807) is 13.4 Å². The predicted octanol–water partition coefficient (Wildman–Crippen LogP) is 1.36. The van der Waals surface area contributed by atoms with Crippen molar-refractivity contribution in [1.82, 2.24) is 0 Å². The van der Waals surface area contributed by atoms with Crippen molar-refractivity contribution in [3.05, 3.63) is 12.3 Å². The fourth-order valence-electron chi connectivity index (χ4n) is 0.167. The summed E-state index contributed by atoms with van der Waals surface area (Å²) in [4.78, 5) is 0. The Bertz CT molecular complexity index is 33.2. The van der Waals surface area contributed by atoms with Crippen LogP contribution in [-0.4, -0.2) is 7.11 Å². The number of allylic oxidation sites excluding steroid dienone is 1. The molecule has 0 fully saturated rings. The molecule has 0 aromatic rings. The highest BCUT2D eigenvalue weighted by molar-refractivity contribution is 4.57. The molecule has 1 nitrogen and oxygen atoms in total. The predicted molar refractivity (Wildman–Crippen MR) is 25.1 cm³/mol. The van der Waals surface area contributed by atoms with Crippen LogP contribution in [0.3, 0.4) is 0 Å². The third-order valence-corrected chi connectivity index (χ3v) is 0.405. The summed E-state index contributed by atoms with van der Waals surface area (Å²) in [6.07, 6.45) is 5.33. The monoisotopic (exact) mass is 85.1 g/mol. The lowest BCUT2D eigenvalue weighted by Crippen LogP contribution is -1.62. The zero-order valence-electron chi connectivity index (χ0n) is 4.19. The van der Waals surface area contributed by atoms with Crippen molar-refractivity contribution >= 4 is 0 Å². The lowest BCUT2D eigenvalue weighted by molar-refractivity contribution is 0.334. The van der Waals surface area contributed by atoms with Crippen LogP contribution in [0.5, 0.6) is 0 Å². The summed E-state index contributed by atoms with van der Waals surface area (Å²) < 4.78 is 4.55. The summed E-state index contributed by atoms with van der Waals surface area (Å²) in [5.74, 6) is 0. The van der Waals surface area contributed by atoms with E-state index in [1.807, 2.05) is 6.92 Å². The molecular formula is C5H9O. The molecule has 0 aliphatic heterocycles. The molecule has 0 bridgehead atoms. The fraction of sp³-hybridized carbons (Fsp3) is 0.600. The number of ether oxygens (including phenoxy) is 1. The van der Waals surface area contributed by atoms with Gasteiger partial charge in [0.05, 0.1) is 13.4 Å². The lowest BCUT2D eigenvalue weighted by atomic mass is 10.5. The van der Waals surface area contributed by atoms with Crippen LogP contribution in [0.2, 0.25) is 0 Å². The van der Waals surface area contributed by atoms with Gasteiger partial charge in [-0.3, -0.25) is 0 Å². The summed E-state index contributed by atoms with van der Waals surface area (Å²) in [6.45, 7) is 2.01. The van der Waals surface area contributed by atoms with Crippen molar-refractivity contribution in [1.29, 1.82) is 0 Å². The number of hydrogen-bond donors (Lipinski definition) is 0. The number of methoxy groups -OCH3 is 1. The maximum Gasteiger partial charge on any atom is 0.0860 e. The SMILES string of the molecule is CC[C]=COC. The topological polar surface area (TPSA) is 9.23 Å². The van der Waals surface area contributed by atoms with Gasteiger partial charge < -0.3 is 4.74 Å². The first-order valence-corrected chi connectivity index (χ1v) is 1.99. The Balaban J connectivity index is 2.73. The minimum atomic E-state index is 0.924. The smallest absolute Gasteiger partial charge is 0.0860 e. The van der Waals surface area contributed by atoms with Gasteiger partial charge in [-0.25, -0.2) is 0 Å². The van der Waals surface area contributed by atoms with Crippen LogP contribution < -0.4 is 0 Å². The highest BCUT2D eigenvalue weighted by atomic mass is 16.5. The Hall–Kier alpha value is -0.460. The molecule has 0 unspecified atom stereocenters. The van der Waals surface area contributed by atoms with E-state index >= 15 is 0 Å². The molecule has 0 saturated carbocycles. The second-order valence-corrected chi connectivity index (χ2v) is 0.911. The Morgan fingerprint density at radius 2 is 2.50 bits per heavy atom. The van der Waals surface area contributed by atoms with E-state index in [0.717, 1.165) is 6.42 Å². The van der Waals surface area contributed by atoms with E-state index in [0.29, 0.717) is 0 Å². The van der Waals surface area contributed by atoms with Crippen LogP contribution in [0.15, 0.2) is 6.26 Å². The van der Waals surface area contributed by atoms with Gasteiger partial charge in [0, 0.05) is 0 Å². The largest absolute Gasteiger partial charge is 0.504 e. The van der Waals surface area contributed by atoms with Gasteiger partial charge in [0.2, 0.25) is 0 Å². The molecule has 0 N–H and O–H groups in total. The second-order valence-electron chi connectivity index (χ2n) is 0.911. The Labute approximate surface area is 38.6 Å². The molecule has 0 aromatic carbocycles. The van der Waals surface area contributed by atoms with Crippen LogP contribution >= 0.6 is 0 Å². The van der Waals surface area contributed by atoms with Crippen LogP contribution in [-0.2, 0) is 4.74 Å². The molecule has 0 amide bonds. The van der Waals surface area contributed by atoms with Gasteiger partial charge in [0.15, 0.2) is 0 Å². The van der Waals surface area contributed by atoms with Crippen molar-refractivity contribution in [2.24, 2.45) is 0 Å². The highest BCUT2D eigenvalue weighted by Gasteiger charge is 1.60. The van der Waals surface area contributed by atoms with Crippen LogP contribution in [0.1, 0.15) is 13.3 Å². The fourth-order valence-corrected chi connectivity index (χ4v) is 0.167. The molecule has 0 heterocycles. The van der Waals surface area contributed by atoms with Gasteiger partial charge in [-0.15, -0.1) is 0 Å². The normalized spacial score (nSPS) is 9.67. The minimum Gasteiger partial charge on any atom is -0.504 e. The average Bonchev–Trinajstić information content (AvgIpc) is 1.61. The standard InChI is InChI=1S/C5H9O/c1-3-4-5-6-2/h5H,3H2,1-2H3. The Morgan fingerprint density at radius 1 is 1.83 bits per heavy atom. The van der Waals surface area contributed by atoms with Crippen molar-refractivity contribution < 1.29 is 4.74 Å². The summed E-state index contributed by atoms with van der Waals surface area (Å²) in [7, 11) is 1.61. The van der Waals surface area contributed by atoms with Gasteiger partial charge in [-0.2, -0.15) is 0 Å². The first kappa shape index (κ1) is 5.54. The molecule has 0 aromatic heterocycles. The molecule has 0 aliphatic carbocycles. The summed E-state index contributed by atoms with van der Waals surface area (Å²) in [5, 5.41) is 0. The molecule has 0 rings (SSSR count). The van der Waals surface area contributed by atoms with Gasteiger partial charge in [-0.05, 0) is 12.5 Å². The quantitative estimate of drug-likeness (QED) is 0.460. The number of hydrogen-bond acceptors (Lipinski definition) is 1. The third-order valence-electron chi connectivity index (χ3n) is 0.405. The van der Waals surface area contributed by atoms with Crippen LogP contribution in [0, 0.1) is 6.08 Å². The van der Waals surface area contributed by atoms with Gasteiger partial charge in [0.25, 0.3) is 0 Å². The first-order valence-electron chi connectivity index (χ1n) is 1.99. The van der Waals surface area contributed by atoms with E-state index in [9.17, 15) is 0 Å². The Kier molecular flexibility index (Phi) is 4.19. The van der Waals surface area contributed by atoms with Crippen LogP contribution in [0.25, 0.3) is 0 Å². The molecule has 1 radical (unpaired) electrons. The van der Waals surface area contributed by atoms with E-state index in [-0.39, 0.29) is 0 Å².